The normalized spacial score (nSPS) is 12.7. The highest BCUT2D eigenvalue weighted by Gasteiger charge is 2.23. The number of carbonyl (C=O) groups is 5. The van der Waals surface area contributed by atoms with Gasteiger partial charge < -0.3 is 46.6 Å². The fraction of sp³-hybridized carbons (Fsp3) is 0.304. The van der Waals surface area contributed by atoms with Crippen LogP contribution < -0.4 is 43.0 Å². The molecule has 0 fully saturated rings. The minimum absolute atomic E-state index is 0.0253. The molecule has 68 heavy (non-hydrogen) atoms. The Morgan fingerprint density at radius 2 is 1.21 bits per heavy atom. The molecule has 0 saturated carbocycles. The Kier molecular flexibility index (Phi) is 17.5. The van der Waals surface area contributed by atoms with Crippen molar-refractivity contribution < 1.29 is 38.6 Å². The maximum atomic E-state index is 13.7. The first-order valence-electron chi connectivity index (χ1n) is 21.5. The van der Waals surface area contributed by atoms with Crippen LogP contribution in [0.3, 0.4) is 0 Å². The molecule has 0 aliphatic heterocycles. The van der Waals surface area contributed by atoms with Gasteiger partial charge in [-0.15, -0.1) is 0 Å². The number of anilines is 2. The van der Waals surface area contributed by atoms with E-state index in [1.165, 1.54) is 36.4 Å². The van der Waals surface area contributed by atoms with Crippen LogP contribution in [0.15, 0.2) is 94.5 Å². The minimum atomic E-state index is -1.01. The molecular weight excluding hydrogens is 877 g/mol. The Morgan fingerprint density at radius 3 is 1.63 bits per heavy atom. The first-order chi connectivity index (χ1) is 32.5. The summed E-state index contributed by atoms with van der Waals surface area (Å²) in [6.07, 6.45) is 13.7. The van der Waals surface area contributed by atoms with Crippen LogP contribution in [0.5, 0.6) is 11.5 Å². The number of carbonyl (C=O) groups excluding carboxylic acids is 4. The molecule has 0 aliphatic carbocycles. The third kappa shape index (κ3) is 13.5. The number of nitrogens with two attached hydrogens (primary N) is 4. The molecule has 4 amide bonds. The number of carboxylic acids is 1. The van der Waals surface area contributed by atoms with E-state index >= 15 is 0 Å². The lowest BCUT2D eigenvalue weighted by Gasteiger charge is -2.13. The number of nitrogens with one attached hydrogen (secondary N) is 2. The standard InChI is InChI=1S/C46H56N14O8/c1-6-51-34(19-28(4)47)43(65)56-45-54-32-21-30(41(49)63)23-36(67-17-11-10-14-58-26-27(3)25-53-58)39(32)59(45)15-8-9-16-60-40-33(55-46(60)57-44(66)35(52-7-2)20-29(5)48)22-31(42(50)64)24-37(40)68-18-12-13-38(61)62/h8-11,19-26H,6-7,12-18,47-48H2,1-5H3,(H2,49,63)(H2,50,64)(H,61,62)(H,54,56,65)(H,55,57,66)/b9-8+,11-10+,28-19-,29-20-,51-34?,52-35?. The summed E-state index contributed by atoms with van der Waals surface area (Å²) in [5.74, 6) is -3.24. The molecule has 358 valence electrons. The molecule has 3 heterocycles. The number of aliphatic imine (C=N–C) groups is 2. The number of aryl methyl sites for hydroxylation is 1. The SMILES string of the molecule is CCN=C(/C=C(/C)N)C(=O)Nc1nc2cc(C(N)=O)cc(OC/C=C/Cn3cc(C)cn3)c2n1C/C=C/Cn1c(NC(=O)C(/C=C(/C)N)=NCC)nc2cc(C(N)=O)cc(OCCCC(=O)O)c21. The van der Waals surface area contributed by atoms with Crippen LogP contribution in [0, 0.1) is 6.92 Å². The van der Waals surface area contributed by atoms with E-state index in [0.717, 1.165) is 5.56 Å². The smallest absolute Gasteiger partial charge is 0.303 e. The summed E-state index contributed by atoms with van der Waals surface area (Å²) in [5, 5.41) is 19.1. The van der Waals surface area contributed by atoms with E-state index in [2.05, 4.69) is 30.7 Å². The number of ether oxygens (including phenoxy) is 2. The maximum absolute atomic E-state index is 13.7. The molecule has 0 unspecified atom stereocenters. The predicted octanol–water partition coefficient (Wildman–Crippen LogP) is 3.75. The zero-order chi connectivity index (χ0) is 49.5. The van der Waals surface area contributed by atoms with Crippen molar-refractivity contribution in [2.75, 3.05) is 36.9 Å². The van der Waals surface area contributed by atoms with Gasteiger partial charge >= 0.3 is 5.97 Å². The number of rotatable bonds is 24. The number of allylic oxidation sites excluding steroid dienone is 5. The third-order valence-corrected chi connectivity index (χ3v) is 9.58. The van der Waals surface area contributed by atoms with E-state index in [-0.39, 0.29) is 103 Å². The number of aliphatic carboxylic acids is 1. The molecule has 5 rings (SSSR count). The fourth-order valence-corrected chi connectivity index (χ4v) is 6.70. The minimum Gasteiger partial charge on any atom is -0.491 e. The number of benzene rings is 2. The Morgan fingerprint density at radius 1 is 0.721 bits per heavy atom. The average Bonchev–Trinajstić information content (AvgIpc) is 3.96. The van der Waals surface area contributed by atoms with Crippen LogP contribution in [0.25, 0.3) is 22.1 Å². The van der Waals surface area contributed by atoms with Crippen molar-refractivity contribution in [3.05, 3.63) is 101 Å². The Hall–Kier alpha value is -8.56. The van der Waals surface area contributed by atoms with Crippen molar-refractivity contribution in [2.45, 2.75) is 67.1 Å². The Balaban J connectivity index is 1.61. The predicted molar refractivity (Wildman–Crippen MR) is 259 cm³/mol. The van der Waals surface area contributed by atoms with E-state index in [1.807, 2.05) is 19.2 Å². The van der Waals surface area contributed by atoms with Crippen molar-refractivity contribution in [3.8, 4) is 11.5 Å². The highest BCUT2D eigenvalue weighted by molar-refractivity contribution is 6.47. The molecule has 0 radical (unpaired) electrons. The van der Waals surface area contributed by atoms with Gasteiger partial charge in [0.05, 0.1) is 30.4 Å². The molecule has 2 aromatic carbocycles. The topological polar surface area (TPSA) is 330 Å². The molecule has 11 N–H and O–H groups in total. The van der Waals surface area contributed by atoms with Crippen LogP contribution in [0.4, 0.5) is 11.9 Å². The number of fused-ring (bicyclic) bond motifs is 2. The van der Waals surface area contributed by atoms with E-state index in [0.29, 0.717) is 35.5 Å². The number of amides is 4. The van der Waals surface area contributed by atoms with Crippen LogP contribution >= 0.6 is 0 Å². The third-order valence-electron chi connectivity index (χ3n) is 9.58. The number of imidazole rings is 2. The quantitative estimate of drug-likeness (QED) is 0.0264. The van der Waals surface area contributed by atoms with Crippen molar-refractivity contribution in [1.29, 1.82) is 0 Å². The number of hydrogen-bond donors (Lipinski definition) is 7. The Bertz CT molecular complexity index is 2890. The van der Waals surface area contributed by atoms with Gasteiger partial charge in [0, 0.05) is 61.3 Å². The molecule has 3 aromatic heterocycles. The number of aromatic nitrogens is 6. The highest BCUT2D eigenvalue weighted by Crippen LogP contribution is 2.33. The van der Waals surface area contributed by atoms with E-state index < -0.39 is 29.6 Å². The molecule has 0 spiro atoms. The summed E-state index contributed by atoms with van der Waals surface area (Å²) in [5.41, 5.74) is 26.5. The summed E-state index contributed by atoms with van der Waals surface area (Å²) in [4.78, 5) is 81.6. The van der Waals surface area contributed by atoms with Gasteiger partial charge in [-0.1, -0.05) is 18.2 Å². The lowest BCUT2D eigenvalue weighted by atomic mass is 10.1. The molecule has 0 saturated heterocycles. The van der Waals surface area contributed by atoms with E-state index in [9.17, 15) is 29.1 Å². The summed E-state index contributed by atoms with van der Waals surface area (Å²) in [6.45, 7) is 9.90. The van der Waals surface area contributed by atoms with Crippen molar-refractivity contribution >= 4 is 75.0 Å². The molecule has 0 atom stereocenters. The van der Waals surface area contributed by atoms with Crippen LogP contribution in [0.1, 0.15) is 66.8 Å². The summed E-state index contributed by atoms with van der Waals surface area (Å²) in [6, 6.07) is 5.85. The zero-order valence-electron chi connectivity index (χ0n) is 38.5. The van der Waals surface area contributed by atoms with Crippen molar-refractivity contribution in [2.24, 2.45) is 32.9 Å². The monoisotopic (exact) mass is 932 g/mol. The van der Waals surface area contributed by atoms with Crippen molar-refractivity contribution in [3.63, 3.8) is 0 Å². The van der Waals surface area contributed by atoms with Gasteiger partial charge in [-0.2, -0.15) is 5.10 Å². The molecule has 22 heteroatoms. The number of primary amides is 2. The summed E-state index contributed by atoms with van der Waals surface area (Å²) >= 11 is 0. The molecule has 0 bridgehead atoms. The first kappa shape index (κ1) is 50.4. The molecule has 5 aromatic rings. The zero-order valence-corrected chi connectivity index (χ0v) is 38.5. The van der Waals surface area contributed by atoms with Gasteiger partial charge in [0.2, 0.25) is 23.7 Å². The fourth-order valence-electron chi connectivity index (χ4n) is 6.70. The highest BCUT2D eigenvalue weighted by atomic mass is 16.5. The second kappa shape index (κ2) is 23.6. The Labute approximate surface area is 391 Å². The van der Waals surface area contributed by atoms with E-state index in [1.54, 1.807) is 65.9 Å². The van der Waals surface area contributed by atoms with Gasteiger partial charge in [-0.25, -0.2) is 9.97 Å². The number of carboxylic acid groups (broad SMARTS) is 1. The summed E-state index contributed by atoms with van der Waals surface area (Å²) < 4.78 is 17.3. The van der Waals surface area contributed by atoms with Gasteiger partial charge in [0.15, 0.2) is 0 Å². The summed E-state index contributed by atoms with van der Waals surface area (Å²) in [7, 11) is 0. The average molecular weight is 933 g/mol. The van der Waals surface area contributed by atoms with Crippen LogP contribution in [-0.2, 0) is 34.0 Å². The first-order valence-corrected chi connectivity index (χ1v) is 21.5. The number of nitrogens with zero attached hydrogens (tertiary/aromatic N) is 8. The van der Waals surface area contributed by atoms with Gasteiger partial charge in [-0.05, 0) is 89.1 Å². The lowest BCUT2D eigenvalue weighted by molar-refractivity contribution is -0.137. The molecule has 22 nitrogen and oxygen atoms in total. The maximum Gasteiger partial charge on any atom is 0.303 e. The number of hydrogen-bond acceptors (Lipinski definition) is 14. The largest absolute Gasteiger partial charge is 0.491 e. The molecular formula is C46H56N14O8. The molecule has 0 aliphatic rings. The second-order valence-corrected chi connectivity index (χ2v) is 15.2. The second-order valence-electron chi connectivity index (χ2n) is 15.2. The van der Waals surface area contributed by atoms with E-state index in [4.69, 9.17) is 37.4 Å². The lowest BCUT2D eigenvalue weighted by Crippen LogP contribution is -2.24. The van der Waals surface area contributed by atoms with Crippen LogP contribution in [0.2, 0.25) is 0 Å². The van der Waals surface area contributed by atoms with Gasteiger partial charge in [-0.3, -0.25) is 49.3 Å². The van der Waals surface area contributed by atoms with Gasteiger partial charge in [0.25, 0.3) is 11.8 Å². The van der Waals surface area contributed by atoms with Crippen LogP contribution in [-0.4, -0.2) is 101 Å². The van der Waals surface area contributed by atoms with Crippen molar-refractivity contribution in [1.82, 2.24) is 28.9 Å². The van der Waals surface area contributed by atoms with Gasteiger partial charge in [0.1, 0.15) is 40.6 Å².